The molecule has 10 heteroatoms. The molecule has 1 aliphatic rings. The van der Waals surface area contributed by atoms with Crippen LogP contribution in [-0.2, 0) is 24.8 Å². The summed E-state index contributed by atoms with van der Waals surface area (Å²) in [6.45, 7) is 6.04. The van der Waals surface area contributed by atoms with Gasteiger partial charge in [0.1, 0.15) is 0 Å². The van der Waals surface area contributed by atoms with Crippen LogP contribution < -0.4 is 10.0 Å². The molecular weight excluding hydrogens is 450 g/mol. The van der Waals surface area contributed by atoms with Gasteiger partial charge in [-0.2, -0.15) is 4.31 Å². The van der Waals surface area contributed by atoms with Crippen molar-refractivity contribution in [1.82, 2.24) is 9.03 Å². The van der Waals surface area contributed by atoms with E-state index in [1.54, 1.807) is 26.0 Å². The second-order valence-corrected chi connectivity index (χ2v) is 11.9. The van der Waals surface area contributed by atoms with Crippen molar-refractivity contribution in [3.8, 4) is 0 Å². The summed E-state index contributed by atoms with van der Waals surface area (Å²) < 4.78 is 54.1. The molecule has 1 heterocycles. The smallest absolute Gasteiger partial charge is 0.243 e. The predicted molar refractivity (Wildman–Crippen MR) is 123 cm³/mol. The van der Waals surface area contributed by atoms with Crippen LogP contribution in [0.25, 0.3) is 0 Å². The topological polar surface area (TPSA) is 113 Å². The lowest BCUT2D eigenvalue weighted by Gasteiger charge is -2.31. The maximum absolute atomic E-state index is 13.2. The molecule has 3 rings (SSSR count). The minimum atomic E-state index is -3.65. The van der Waals surface area contributed by atoms with E-state index in [0.717, 1.165) is 16.7 Å². The Morgan fingerprint density at radius 3 is 2.12 bits per heavy atom. The summed E-state index contributed by atoms with van der Waals surface area (Å²) in [7, 11) is -5.94. The number of carbonyl (C=O) groups excluding carboxylic acids is 1. The zero-order valence-electron chi connectivity index (χ0n) is 18.7. The van der Waals surface area contributed by atoms with Crippen LogP contribution in [0.5, 0.6) is 0 Å². The second kappa shape index (κ2) is 9.30. The van der Waals surface area contributed by atoms with Gasteiger partial charge >= 0.3 is 0 Å². The molecule has 32 heavy (non-hydrogen) atoms. The Hall–Kier alpha value is -2.27. The van der Waals surface area contributed by atoms with Crippen LogP contribution in [0.2, 0.25) is 0 Å². The van der Waals surface area contributed by atoms with E-state index in [-0.39, 0.29) is 29.8 Å². The van der Waals surface area contributed by atoms with Gasteiger partial charge in [0.25, 0.3) is 0 Å². The molecule has 0 bridgehead atoms. The van der Waals surface area contributed by atoms with E-state index >= 15 is 0 Å². The molecule has 1 amide bonds. The molecule has 0 unspecified atom stereocenters. The minimum absolute atomic E-state index is 0.0579. The number of nitrogens with one attached hydrogen (secondary N) is 2. The van der Waals surface area contributed by atoms with E-state index in [1.807, 2.05) is 19.1 Å². The summed E-state index contributed by atoms with van der Waals surface area (Å²) in [4.78, 5) is 13.1. The molecule has 174 valence electrons. The molecule has 0 radical (unpaired) electrons. The predicted octanol–water partition coefficient (Wildman–Crippen LogP) is 2.56. The van der Waals surface area contributed by atoms with Crippen LogP contribution >= 0.6 is 0 Å². The van der Waals surface area contributed by atoms with Crippen LogP contribution in [0.3, 0.4) is 0 Å². The molecule has 1 aliphatic heterocycles. The number of anilines is 1. The van der Waals surface area contributed by atoms with Gasteiger partial charge in [0.05, 0.1) is 9.79 Å². The molecule has 0 aromatic heterocycles. The number of amides is 1. The number of benzene rings is 2. The van der Waals surface area contributed by atoms with Crippen LogP contribution in [0, 0.1) is 26.7 Å². The fraction of sp³-hybridized carbons (Fsp3) is 0.409. The Labute approximate surface area is 190 Å². The lowest BCUT2D eigenvalue weighted by molar-refractivity contribution is -0.120. The molecule has 0 atom stereocenters. The van der Waals surface area contributed by atoms with Crippen molar-refractivity contribution in [2.75, 3.05) is 25.5 Å². The fourth-order valence-electron chi connectivity index (χ4n) is 4.16. The van der Waals surface area contributed by atoms with Gasteiger partial charge in [0, 0.05) is 24.7 Å². The number of piperidine rings is 1. The van der Waals surface area contributed by atoms with Crippen molar-refractivity contribution >= 4 is 31.6 Å². The van der Waals surface area contributed by atoms with E-state index in [0.29, 0.717) is 23.4 Å². The Morgan fingerprint density at radius 2 is 1.56 bits per heavy atom. The van der Waals surface area contributed by atoms with Crippen molar-refractivity contribution in [3.05, 3.63) is 53.1 Å². The van der Waals surface area contributed by atoms with Crippen molar-refractivity contribution in [3.63, 3.8) is 0 Å². The van der Waals surface area contributed by atoms with E-state index in [2.05, 4.69) is 10.0 Å². The van der Waals surface area contributed by atoms with Crippen LogP contribution in [-0.4, -0.2) is 47.2 Å². The largest absolute Gasteiger partial charge is 0.326 e. The number of nitrogens with zero attached hydrogens (tertiary/aromatic N) is 1. The maximum Gasteiger partial charge on any atom is 0.243 e. The first-order valence-corrected chi connectivity index (χ1v) is 13.3. The molecule has 0 saturated carbocycles. The summed E-state index contributed by atoms with van der Waals surface area (Å²) in [6, 6.07) is 9.74. The average Bonchev–Trinajstić information content (AvgIpc) is 2.73. The highest BCUT2D eigenvalue weighted by Gasteiger charge is 2.33. The highest BCUT2D eigenvalue weighted by Crippen LogP contribution is 2.29. The monoisotopic (exact) mass is 479 g/mol. The third-order valence-electron chi connectivity index (χ3n) is 5.71. The highest BCUT2D eigenvalue weighted by atomic mass is 32.2. The normalized spacial score (nSPS) is 16.1. The van der Waals surface area contributed by atoms with Gasteiger partial charge in [-0.15, -0.1) is 0 Å². The lowest BCUT2D eigenvalue weighted by atomic mass is 9.97. The van der Waals surface area contributed by atoms with Gasteiger partial charge < -0.3 is 5.32 Å². The first kappa shape index (κ1) is 24.4. The van der Waals surface area contributed by atoms with Gasteiger partial charge in [-0.1, -0.05) is 23.8 Å². The van der Waals surface area contributed by atoms with Gasteiger partial charge in [-0.25, -0.2) is 21.6 Å². The van der Waals surface area contributed by atoms with Crippen LogP contribution in [0.4, 0.5) is 5.69 Å². The average molecular weight is 480 g/mol. The molecule has 2 N–H and O–H groups in total. The molecule has 8 nitrogen and oxygen atoms in total. The maximum atomic E-state index is 13.2. The first-order valence-electron chi connectivity index (χ1n) is 10.4. The molecule has 0 aliphatic carbocycles. The van der Waals surface area contributed by atoms with Gasteiger partial charge in [-0.3, -0.25) is 4.79 Å². The number of hydrogen-bond donors (Lipinski definition) is 2. The zero-order valence-corrected chi connectivity index (χ0v) is 20.3. The number of sulfonamides is 2. The molecule has 1 fully saturated rings. The Bertz CT molecular complexity index is 1210. The van der Waals surface area contributed by atoms with Gasteiger partial charge in [0.15, 0.2) is 0 Å². The van der Waals surface area contributed by atoms with Crippen molar-refractivity contribution in [2.45, 2.75) is 43.4 Å². The van der Waals surface area contributed by atoms with Crippen molar-refractivity contribution in [1.29, 1.82) is 0 Å². The minimum Gasteiger partial charge on any atom is -0.326 e. The standard InChI is InChI=1S/C22H29N3O5S2/c1-15-12-16(2)21(17(3)13-15)32(29,30)25-10-8-18(9-11-25)22(26)24-19-6-5-7-20(14-19)31(27,28)23-4/h5-7,12-14,18,23H,8-11H2,1-4H3,(H,24,26). The molecule has 0 spiro atoms. The summed E-state index contributed by atoms with van der Waals surface area (Å²) >= 11 is 0. The quantitative estimate of drug-likeness (QED) is 0.661. The van der Waals surface area contributed by atoms with Gasteiger partial charge in [0.2, 0.25) is 26.0 Å². The van der Waals surface area contributed by atoms with E-state index < -0.39 is 20.0 Å². The summed E-state index contributed by atoms with van der Waals surface area (Å²) in [5, 5.41) is 2.76. The van der Waals surface area contributed by atoms with Crippen molar-refractivity contribution < 1.29 is 21.6 Å². The van der Waals surface area contributed by atoms with E-state index in [4.69, 9.17) is 0 Å². The summed E-state index contributed by atoms with van der Waals surface area (Å²) in [6.07, 6.45) is 0.785. The SMILES string of the molecule is CNS(=O)(=O)c1cccc(NC(=O)C2CCN(S(=O)(=O)c3c(C)cc(C)cc3C)CC2)c1. The Balaban J connectivity index is 1.69. The second-order valence-electron chi connectivity index (χ2n) is 8.13. The van der Waals surface area contributed by atoms with Gasteiger partial charge in [-0.05, 0) is 70.0 Å². The summed E-state index contributed by atoms with van der Waals surface area (Å²) in [5.74, 6) is -0.602. The zero-order chi connectivity index (χ0) is 23.7. The van der Waals surface area contributed by atoms with Crippen molar-refractivity contribution in [2.24, 2.45) is 5.92 Å². The molecule has 2 aromatic carbocycles. The van der Waals surface area contributed by atoms with Crippen LogP contribution in [0.15, 0.2) is 46.2 Å². The third kappa shape index (κ3) is 5.03. The highest BCUT2D eigenvalue weighted by molar-refractivity contribution is 7.89. The molecular formula is C22H29N3O5S2. The number of carbonyl (C=O) groups is 1. The number of hydrogen-bond acceptors (Lipinski definition) is 5. The van der Waals surface area contributed by atoms with E-state index in [1.165, 1.54) is 23.5 Å². The van der Waals surface area contributed by atoms with Crippen LogP contribution in [0.1, 0.15) is 29.5 Å². The third-order valence-corrected chi connectivity index (χ3v) is 9.32. The number of rotatable bonds is 6. The molecule has 2 aromatic rings. The van der Waals surface area contributed by atoms with E-state index in [9.17, 15) is 21.6 Å². The fourth-order valence-corrected chi connectivity index (χ4v) is 6.82. The number of aryl methyl sites for hydroxylation is 3. The first-order chi connectivity index (χ1) is 15.0. The molecule has 1 saturated heterocycles. The summed E-state index contributed by atoms with van der Waals surface area (Å²) in [5.41, 5.74) is 2.84. The Kier molecular flexibility index (Phi) is 7.09. The lowest BCUT2D eigenvalue weighted by Crippen LogP contribution is -2.41. The Morgan fingerprint density at radius 1 is 0.969 bits per heavy atom.